The second-order valence-corrected chi connectivity index (χ2v) is 12.2. The van der Waals surface area contributed by atoms with E-state index in [0.717, 1.165) is 41.5 Å². The van der Waals surface area contributed by atoms with Gasteiger partial charge in [-0.05, 0) is 55.7 Å². The zero-order chi connectivity index (χ0) is 25.2. The van der Waals surface area contributed by atoms with E-state index in [1.54, 1.807) is 30.5 Å². The molecule has 1 fully saturated rings. The lowest BCUT2D eigenvalue weighted by molar-refractivity contribution is 0.0595. The maximum atomic E-state index is 13.0. The molecule has 2 aromatic carbocycles. The van der Waals surface area contributed by atoms with Gasteiger partial charge in [-0.3, -0.25) is 4.79 Å². The number of benzene rings is 2. The summed E-state index contributed by atoms with van der Waals surface area (Å²) < 4.78 is 34.1. The number of nitrogens with zero attached hydrogens (tertiary/aromatic N) is 3. The van der Waals surface area contributed by atoms with E-state index in [9.17, 15) is 13.2 Å². The number of piperidine rings is 1. The van der Waals surface area contributed by atoms with Gasteiger partial charge in [-0.1, -0.05) is 36.8 Å². The number of carbonyl (C=O) groups excluding carboxylic acids is 1. The van der Waals surface area contributed by atoms with E-state index >= 15 is 0 Å². The summed E-state index contributed by atoms with van der Waals surface area (Å²) >= 11 is 1.58. The average molecular weight is 516 g/mol. The standard InChI is InChI=1S/C26H33N3O4S2/c1-5-6-15-28(4)35(31,32)22-11-9-20(10-12-22)25(30)29-16-13-21(14-17-29)33-26-27-23-18(2)7-8-19(3)24(23)34-26/h7-12,21H,5-6,13-17H2,1-4H3. The fourth-order valence-electron chi connectivity index (χ4n) is 4.24. The number of thiazole rings is 1. The van der Waals surface area contributed by atoms with Crippen LogP contribution in [0.5, 0.6) is 5.19 Å². The fourth-order valence-corrected chi connectivity index (χ4v) is 6.48. The highest BCUT2D eigenvalue weighted by molar-refractivity contribution is 7.89. The smallest absolute Gasteiger partial charge is 0.274 e. The van der Waals surface area contributed by atoms with Crippen LogP contribution in [0.25, 0.3) is 10.2 Å². The molecule has 7 nitrogen and oxygen atoms in total. The predicted octanol–water partition coefficient (Wildman–Crippen LogP) is 5.02. The largest absolute Gasteiger partial charge is 0.467 e. The lowest BCUT2D eigenvalue weighted by Gasteiger charge is -2.31. The molecule has 4 rings (SSSR count). The van der Waals surface area contributed by atoms with E-state index in [1.165, 1.54) is 22.0 Å². The summed E-state index contributed by atoms with van der Waals surface area (Å²) in [5.74, 6) is -0.0852. The third kappa shape index (κ3) is 5.52. The Morgan fingerprint density at radius 3 is 2.40 bits per heavy atom. The number of ether oxygens (including phenoxy) is 1. The van der Waals surface area contributed by atoms with Crippen LogP contribution >= 0.6 is 11.3 Å². The van der Waals surface area contributed by atoms with Gasteiger partial charge in [-0.2, -0.15) is 0 Å². The molecule has 0 aliphatic carbocycles. The van der Waals surface area contributed by atoms with E-state index in [-0.39, 0.29) is 16.9 Å². The molecule has 9 heteroatoms. The minimum Gasteiger partial charge on any atom is -0.467 e. The molecule has 0 unspecified atom stereocenters. The highest BCUT2D eigenvalue weighted by atomic mass is 32.2. The Balaban J connectivity index is 1.35. The van der Waals surface area contributed by atoms with Crippen molar-refractivity contribution in [1.82, 2.24) is 14.2 Å². The number of unbranched alkanes of at least 4 members (excludes halogenated alkanes) is 1. The first-order chi connectivity index (χ1) is 16.7. The van der Waals surface area contributed by atoms with Crippen LogP contribution in [0.2, 0.25) is 0 Å². The molecule has 0 bridgehead atoms. The zero-order valence-electron chi connectivity index (χ0n) is 20.8. The Bertz CT molecular complexity index is 1260. The van der Waals surface area contributed by atoms with Crippen LogP contribution in [0.3, 0.4) is 0 Å². The molecule has 0 N–H and O–H groups in total. The maximum absolute atomic E-state index is 13.0. The number of carbonyl (C=O) groups is 1. The molecule has 188 valence electrons. The Kier molecular flexibility index (Phi) is 7.78. The minimum atomic E-state index is -3.54. The van der Waals surface area contributed by atoms with Crippen molar-refractivity contribution in [3.63, 3.8) is 0 Å². The van der Waals surface area contributed by atoms with Gasteiger partial charge in [0, 0.05) is 45.1 Å². The number of hydrogen-bond donors (Lipinski definition) is 0. The molecule has 1 aromatic heterocycles. The summed E-state index contributed by atoms with van der Waals surface area (Å²) in [7, 11) is -1.95. The van der Waals surface area contributed by atoms with E-state index < -0.39 is 10.0 Å². The second kappa shape index (κ2) is 10.6. The van der Waals surface area contributed by atoms with Crippen molar-refractivity contribution < 1.29 is 17.9 Å². The van der Waals surface area contributed by atoms with Crippen LogP contribution in [0, 0.1) is 13.8 Å². The number of aromatic nitrogens is 1. The van der Waals surface area contributed by atoms with Gasteiger partial charge in [0.25, 0.3) is 11.1 Å². The Morgan fingerprint density at radius 1 is 1.11 bits per heavy atom. The second-order valence-electron chi connectivity index (χ2n) is 9.17. The molecule has 0 radical (unpaired) electrons. The lowest BCUT2D eigenvalue weighted by atomic mass is 10.1. The number of aryl methyl sites for hydroxylation is 2. The van der Waals surface area contributed by atoms with E-state index in [2.05, 4.69) is 31.0 Å². The Morgan fingerprint density at radius 2 is 1.77 bits per heavy atom. The van der Waals surface area contributed by atoms with Gasteiger partial charge in [0.1, 0.15) is 6.10 Å². The molecule has 35 heavy (non-hydrogen) atoms. The topological polar surface area (TPSA) is 79.8 Å². The maximum Gasteiger partial charge on any atom is 0.274 e. The number of rotatable bonds is 8. The summed E-state index contributed by atoms with van der Waals surface area (Å²) in [6.45, 7) is 7.83. The van der Waals surface area contributed by atoms with Gasteiger partial charge in [-0.25, -0.2) is 17.7 Å². The van der Waals surface area contributed by atoms with E-state index in [4.69, 9.17) is 4.74 Å². The predicted molar refractivity (Wildman–Crippen MR) is 140 cm³/mol. The fraction of sp³-hybridized carbons (Fsp3) is 0.462. The molecule has 0 atom stereocenters. The van der Waals surface area contributed by atoms with Gasteiger partial charge in [0.05, 0.1) is 15.1 Å². The Hall–Kier alpha value is -2.49. The normalized spacial score (nSPS) is 15.2. The quantitative estimate of drug-likeness (QED) is 0.421. The van der Waals surface area contributed by atoms with Gasteiger partial charge in [-0.15, -0.1) is 0 Å². The summed E-state index contributed by atoms with van der Waals surface area (Å²) in [5, 5.41) is 0.683. The van der Waals surface area contributed by atoms with Crippen LogP contribution in [0.15, 0.2) is 41.3 Å². The molecular formula is C26H33N3O4S2. The van der Waals surface area contributed by atoms with Crippen LogP contribution in [-0.2, 0) is 10.0 Å². The van der Waals surface area contributed by atoms with Crippen molar-refractivity contribution in [3.05, 3.63) is 53.1 Å². The summed E-state index contributed by atoms with van der Waals surface area (Å²) in [6.07, 6.45) is 3.22. The van der Waals surface area contributed by atoms with Crippen molar-refractivity contribution in [2.45, 2.75) is 57.5 Å². The van der Waals surface area contributed by atoms with Gasteiger partial charge < -0.3 is 9.64 Å². The van der Waals surface area contributed by atoms with Gasteiger partial charge in [0.2, 0.25) is 10.0 Å². The zero-order valence-corrected chi connectivity index (χ0v) is 22.4. The number of hydrogen-bond acceptors (Lipinski definition) is 6. The molecule has 1 amide bonds. The van der Waals surface area contributed by atoms with Crippen LogP contribution < -0.4 is 4.74 Å². The monoisotopic (exact) mass is 515 g/mol. The van der Waals surface area contributed by atoms with Crippen molar-refractivity contribution >= 4 is 37.5 Å². The van der Waals surface area contributed by atoms with Crippen molar-refractivity contribution in [2.75, 3.05) is 26.7 Å². The molecule has 2 heterocycles. The van der Waals surface area contributed by atoms with Gasteiger partial charge in [0.15, 0.2) is 0 Å². The molecule has 1 aliphatic rings. The molecule has 0 spiro atoms. The van der Waals surface area contributed by atoms with Crippen molar-refractivity contribution in [1.29, 1.82) is 0 Å². The summed E-state index contributed by atoms with van der Waals surface area (Å²) in [6, 6.07) is 10.5. The van der Waals surface area contributed by atoms with Crippen molar-refractivity contribution in [2.24, 2.45) is 0 Å². The molecular weight excluding hydrogens is 482 g/mol. The average Bonchev–Trinajstić information content (AvgIpc) is 3.30. The van der Waals surface area contributed by atoms with Crippen LogP contribution in [0.1, 0.15) is 54.1 Å². The Labute approximate surface area is 211 Å². The first-order valence-corrected chi connectivity index (χ1v) is 14.4. The number of sulfonamides is 1. The highest BCUT2D eigenvalue weighted by Gasteiger charge is 2.26. The van der Waals surface area contributed by atoms with Crippen LogP contribution in [0.4, 0.5) is 0 Å². The third-order valence-electron chi connectivity index (χ3n) is 6.56. The molecule has 3 aromatic rings. The number of fused-ring (bicyclic) bond motifs is 1. The first-order valence-electron chi connectivity index (χ1n) is 12.1. The SMILES string of the molecule is CCCCN(C)S(=O)(=O)c1ccc(C(=O)N2CCC(Oc3nc4c(C)ccc(C)c4s3)CC2)cc1. The minimum absolute atomic E-state index is 0.0198. The molecule has 1 saturated heterocycles. The summed E-state index contributed by atoms with van der Waals surface area (Å²) in [4.78, 5) is 19.7. The third-order valence-corrected chi connectivity index (χ3v) is 9.51. The number of likely N-dealkylation sites (tertiary alicyclic amines) is 1. The van der Waals surface area contributed by atoms with Crippen molar-refractivity contribution in [3.8, 4) is 5.19 Å². The van der Waals surface area contributed by atoms with Gasteiger partial charge >= 0.3 is 0 Å². The van der Waals surface area contributed by atoms with Crippen LogP contribution in [-0.4, -0.2) is 61.3 Å². The molecule has 0 saturated carbocycles. The number of amides is 1. The lowest BCUT2D eigenvalue weighted by Crippen LogP contribution is -2.41. The highest BCUT2D eigenvalue weighted by Crippen LogP contribution is 2.33. The first kappa shape index (κ1) is 25.6. The van der Waals surface area contributed by atoms with E-state index in [1.807, 2.05) is 11.8 Å². The van der Waals surface area contributed by atoms with E-state index in [0.29, 0.717) is 30.4 Å². The molecule has 1 aliphatic heterocycles. The summed E-state index contributed by atoms with van der Waals surface area (Å²) in [5.41, 5.74) is 3.84.